The highest BCUT2D eigenvalue weighted by atomic mass is 79.9. The second-order valence-electron chi connectivity index (χ2n) is 5.77. The van der Waals surface area contributed by atoms with Gasteiger partial charge >= 0.3 is 0 Å². The van der Waals surface area contributed by atoms with Crippen LogP contribution in [-0.2, 0) is 6.42 Å². The standard InChI is InChI=1S/C15H25BrN4/c1-19-8-3-9-20(2)15(11-19)14(18-17)10-12-4-6-13(16)7-5-12/h4-7,14-15,18H,3,8-11,17H2,1-2H3. The number of hydrogen-bond acceptors (Lipinski definition) is 4. The predicted molar refractivity (Wildman–Crippen MR) is 87.5 cm³/mol. The summed E-state index contributed by atoms with van der Waals surface area (Å²) < 4.78 is 1.12. The van der Waals surface area contributed by atoms with Crippen LogP contribution in [0.15, 0.2) is 28.7 Å². The van der Waals surface area contributed by atoms with E-state index in [4.69, 9.17) is 5.84 Å². The smallest absolute Gasteiger partial charge is 0.0418 e. The van der Waals surface area contributed by atoms with Crippen molar-refractivity contribution in [2.75, 3.05) is 33.7 Å². The molecule has 0 radical (unpaired) electrons. The Hall–Kier alpha value is -0.460. The summed E-state index contributed by atoms with van der Waals surface area (Å²) in [7, 11) is 4.40. The summed E-state index contributed by atoms with van der Waals surface area (Å²) >= 11 is 3.48. The molecule has 1 aromatic carbocycles. The summed E-state index contributed by atoms with van der Waals surface area (Å²) in [5.41, 5.74) is 4.35. The molecule has 20 heavy (non-hydrogen) atoms. The maximum atomic E-state index is 5.84. The van der Waals surface area contributed by atoms with E-state index < -0.39 is 0 Å². The van der Waals surface area contributed by atoms with Gasteiger partial charge in [0.15, 0.2) is 0 Å². The van der Waals surface area contributed by atoms with Crippen LogP contribution in [0.2, 0.25) is 0 Å². The summed E-state index contributed by atoms with van der Waals surface area (Å²) in [6, 6.07) is 9.21. The van der Waals surface area contributed by atoms with Gasteiger partial charge in [-0.05, 0) is 57.7 Å². The second kappa shape index (κ2) is 7.52. The Morgan fingerprint density at radius 1 is 1.30 bits per heavy atom. The molecule has 1 aromatic rings. The van der Waals surface area contributed by atoms with E-state index >= 15 is 0 Å². The normalized spacial score (nSPS) is 23.5. The van der Waals surface area contributed by atoms with Crippen LogP contribution in [0.5, 0.6) is 0 Å². The molecule has 1 heterocycles. The number of rotatable bonds is 4. The van der Waals surface area contributed by atoms with Crippen LogP contribution in [-0.4, -0.2) is 55.6 Å². The molecular weight excluding hydrogens is 316 g/mol. The molecule has 5 heteroatoms. The second-order valence-corrected chi connectivity index (χ2v) is 6.68. The van der Waals surface area contributed by atoms with Crippen molar-refractivity contribution in [2.24, 2.45) is 5.84 Å². The molecule has 112 valence electrons. The third-order valence-electron chi connectivity index (χ3n) is 4.16. The van der Waals surface area contributed by atoms with Gasteiger partial charge in [0.1, 0.15) is 0 Å². The van der Waals surface area contributed by atoms with Crippen LogP contribution in [0.25, 0.3) is 0 Å². The van der Waals surface area contributed by atoms with E-state index in [0.29, 0.717) is 6.04 Å². The summed E-state index contributed by atoms with van der Waals surface area (Å²) in [5, 5.41) is 0. The third-order valence-corrected chi connectivity index (χ3v) is 4.69. The van der Waals surface area contributed by atoms with E-state index in [0.717, 1.165) is 30.5 Å². The van der Waals surface area contributed by atoms with Gasteiger partial charge in [0.25, 0.3) is 0 Å². The van der Waals surface area contributed by atoms with Crippen LogP contribution >= 0.6 is 15.9 Å². The van der Waals surface area contributed by atoms with Gasteiger partial charge in [-0.25, -0.2) is 0 Å². The molecule has 1 saturated heterocycles. The summed E-state index contributed by atoms with van der Waals surface area (Å²) in [5.74, 6) is 5.84. The van der Waals surface area contributed by atoms with Gasteiger partial charge in [0, 0.05) is 23.1 Å². The number of benzene rings is 1. The van der Waals surface area contributed by atoms with Crippen molar-refractivity contribution < 1.29 is 0 Å². The first-order valence-corrected chi connectivity index (χ1v) is 7.99. The average Bonchev–Trinajstić information content (AvgIpc) is 2.60. The molecule has 2 rings (SSSR count). The Kier molecular flexibility index (Phi) is 5.99. The van der Waals surface area contributed by atoms with E-state index in [1.165, 1.54) is 12.0 Å². The SMILES string of the molecule is CN1CCCN(C)C(C(Cc2ccc(Br)cc2)NN)C1. The largest absolute Gasteiger partial charge is 0.305 e. The first-order valence-electron chi connectivity index (χ1n) is 7.19. The highest BCUT2D eigenvalue weighted by molar-refractivity contribution is 9.10. The minimum absolute atomic E-state index is 0.265. The maximum Gasteiger partial charge on any atom is 0.0418 e. The highest BCUT2D eigenvalue weighted by Gasteiger charge is 2.27. The molecule has 0 aromatic heterocycles. The zero-order chi connectivity index (χ0) is 14.5. The summed E-state index contributed by atoms with van der Waals surface area (Å²) in [6.45, 7) is 3.35. The van der Waals surface area contributed by atoms with Crippen molar-refractivity contribution in [2.45, 2.75) is 24.9 Å². The van der Waals surface area contributed by atoms with Crippen molar-refractivity contribution in [3.63, 3.8) is 0 Å². The minimum atomic E-state index is 0.265. The van der Waals surface area contributed by atoms with Crippen molar-refractivity contribution in [1.82, 2.24) is 15.2 Å². The first kappa shape index (κ1) is 15.9. The zero-order valence-corrected chi connectivity index (χ0v) is 13.9. The van der Waals surface area contributed by atoms with Gasteiger partial charge in [-0.3, -0.25) is 11.3 Å². The number of hydrogen-bond donors (Lipinski definition) is 2. The number of nitrogens with zero attached hydrogens (tertiary/aromatic N) is 2. The third kappa shape index (κ3) is 4.27. The Morgan fingerprint density at radius 2 is 2.00 bits per heavy atom. The predicted octanol–water partition coefficient (Wildman–Crippen LogP) is 1.46. The molecule has 2 atom stereocenters. The van der Waals surface area contributed by atoms with E-state index in [1.54, 1.807) is 0 Å². The van der Waals surface area contributed by atoms with Crippen LogP contribution in [0.1, 0.15) is 12.0 Å². The van der Waals surface area contributed by atoms with Crippen molar-refractivity contribution in [1.29, 1.82) is 0 Å². The van der Waals surface area contributed by atoms with E-state index in [2.05, 4.69) is 69.5 Å². The molecule has 1 fully saturated rings. The Morgan fingerprint density at radius 3 is 2.65 bits per heavy atom. The molecule has 0 aliphatic carbocycles. The summed E-state index contributed by atoms with van der Waals surface area (Å²) in [6.07, 6.45) is 2.17. The van der Waals surface area contributed by atoms with E-state index in [-0.39, 0.29) is 6.04 Å². The Balaban J connectivity index is 2.07. The first-order chi connectivity index (χ1) is 9.60. The van der Waals surface area contributed by atoms with Crippen molar-refractivity contribution in [3.8, 4) is 0 Å². The molecule has 4 nitrogen and oxygen atoms in total. The monoisotopic (exact) mass is 340 g/mol. The van der Waals surface area contributed by atoms with Gasteiger partial charge in [0.2, 0.25) is 0 Å². The van der Waals surface area contributed by atoms with E-state index in [1.807, 2.05) is 0 Å². The average molecular weight is 341 g/mol. The fourth-order valence-electron chi connectivity index (χ4n) is 2.92. The molecular formula is C15H25BrN4. The lowest BCUT2D eigenvalue weighted by Gasteiger charge is -2.34. The van der Waals surface area contributed by atoms with Crippen molar-refractivity contribution in [3.05, 3.63) is 34.3 Å². The van der Waals surface area contributed by atoms with Gasteiger partial charge in [-0.15, -0.1) is 0 Å². The van der Waals surface area contributed by atoms with E-state index in [9.17, 15) is 0 Å². The van der Waals surface area contributed by atoms with Crippen LogP contribution < -0.4 is 11.3 Å². The number of likely N-dealkylation sites (N-methyl/N-ethyl adjacent to an activating group) is 2. The van der Waals surface area contributed by atoms with Crippen LogP contribution in [0.4, 0.5) is 0 Å². The highest BCUT2D eigenvalue weighted by Crippen LogP contribution is 2.16. The maximum absolute atomic E-state index is 5.84. The minimum Gasteiger partial charge on any atom is -0.305 e. The lowest BCUT2D eigenvalue weighted by atomic mass is 9.98. The zero-order valence-electron chi connectivity index (χ0n) is 12.3. The van der Waals surface area contributed by atoms with Crippen molar-refractivity contribution >= 4 is 15.9 Å². The molecule has 0 bridgehead atoms. The van der Waals surface area contributed by atoms with Gasteiger partial charge < -0.3 is 9.80 Å². The summed E-state index contributed by atoms with van der Waals surface area (Å²) in [4.78, 5) is 4.84. The molecule has 1 aliphatic heterocycles. The number of nitrogens with one attached hydrogen (secondary N) is 1. The quantitative estimate of drug-likeness (QED) is 0.643. The molecule has 3 N–H and O–H groups in total. The van der Waals surface area contributed by atoms with Gasteiger partial charge in [0.05, 0.1) is 0 Å². The molecule has 0 amide bonds. The number of halogens is 1. The lowest BCUT2D eigenvalue weighted by Crippen LogP contribution is -2.55. The number of nitrogens with two attached hydrogens (primary N) is 1. The van der Waals surface area contributed by atoms with Crippen LogP contribution in [0.3, 0.4) is 0 Å². The lowest BCUT2D eigenvalue weighted by molar-refractivity contribution is 0.177. The molecule has 0 spiro atoms. The Bertz CT molecular complexity index is 409. The van der Waals surface area contributed by atoms with Gasteiger partial charge in [-0.2, -0.15) is 0 Å². The number of hydrazine groups is 1. The molecule has 2 unspecified atom stereocenters. The van der Waals surface area contributed by atoms with Crippen LogP contribution in [0, 0.1) is 0 Å². The fraction of sp³-hybridized carbons (Fsp3) is 0.600. The Labute approximate surface area is 130 Å². The van der Waals surface area contributed by atoms with Gasteiger partial charge in [-0.1, -0.05) is 28.1 Å². The fourth-order valence-corrected chi connectivity index (χ4v) is 3.19. The molecule has 0 saturated carbocycles. The molecule has 1 aliphatic rings. The topological polar surface area (TPSA) is 44.5 Å².